The number of pyridine rings is 1. The molecule has 0 unspecified atom stereocenters. The predicted molar refractivity (Wildman–Crippen MR) is 84.8 cm³/mol. The lowest BCUT2D eigenvalue weighted by Crippen LogP contribution is -2.30. The van der Waals surface area contributed by atoms with Crippen LogP contribution in [-0.2, 0) is 6.54 Å². The van der Waals surface area contributed by atoms with Gasteiger partial charge in [-0.2, -0.15) is 0 Å². The van der Waals surface area contributed by atoms with Crippen molar-refractivity contribution in [3.05, 3.63) is 58.4 Å². The Bertz CT molecular complexity index is 637. The van der Waals surface area contributed by atoms with Crippen LogP contribution < -0.4 is 4.74 Å². The van der Waals surface area contributed by atoms with Crippen molar-refractivity contribution in [2.45, 2.75) is 13.5 Å². The maximum Gasteiger partial charge on any atom is 0.254 e. The number of carbonyl (C=O) groups is 1. The maximum atomic E-state index is 12.6. The van der Waals surface area contributed by atoms with Crippen molar-refractivity contribution >= 4 is 17.2 Å². The summed E-state index contributed by atoms with van der Waals surface area (Å²) in [6, 6.07) is 7.46. The van der Waals surface area contributed by atoms with Gasteiger partial charge in [-0.1, -0.05) is 6.08 Å². The van der Waals surface area contributed by atoms with Gasteiger partial charge in [0.1, 0.15) is 0 Å². The molecule has 2 aromatic heterocycles. The highest BCUT2D eigenvalue weighted by atomic mass is 32.1. The minimum Gasteiger partial charge on any atom is -0.481 e. The fraction of sp³-hybridized carbons (Fsp3) is 0.250. The summed E-state index contributed by atoms with van der Waals surface area (Å²) in [6.07, 6.45) is 3.31. The number of nitrogens with zero attached hydrogens (tertiary/aromatic N) is 2. The number of amides is 1. The quantitative estimate of drug-likeness (QED) is 0.769. The number of methoxy groups -OCH3 is 1. The fourth-order valence-corrected chi connectivity index (χ4v) is 2.88. The van der Waals surface area contributed by atoms with Gasteiger partial charge in [0.2, 0.25) is 5.88 Å². The number of aromatic nitrogens is 1. The number of thiophene rings is 1. The standard InChI is InChI=1S/C16H18N2O2S/c1-4-9-18(11-14-6-5-12(2)21-14)16(19)13-7-8-17-15(10-13)20-3/h4-8,10H,1,9,11H2,2-3H3. The molecule has 0 radical (unpaired) electrons. The molecule has 21 heavy (non-hydrogen) atoms. The van der Waals surface area contributed by atoms with Crippen molar-refractivity contribution in [1.29, 1.82) is 0 Å². The second kappa shape index (κ2) is 7.04. The normalized spacial score (nSPS) is 10.2. The van der Waals surface area contributed by atoms with E-state index in [0.717, 1.165) is 4.88 Å². The molecule has 0 aromatic carbocycles. The van der Waals surface area contributed by atoms with Gasteiger partial charge in [-0.05, 0) is 25.1 Å². The SMILES string of the molecule is C=CCN(Cc1ccc(C)s1)C(=O)c1ccnc(OC)c1. The van der Waals surface area contributed by atoms with E-state index < -0.39 is 0 Å². The van der Waals surface area contributed by atoms with Gasteiger partial charge in [0.15, 0.2) is 0 Å². The largest absolute Gasteiger partial charge is 0.481 e. The summed E-state index contributed by atoms with van der Waals surface area (Å²) in [7, 11) is 1.53. The molecule has 0 saturated heterocycles. The number of ether oxygens (including phenoxy) is 1. The number of hydrogen-bond donors (Lipinski definition) is 0. The second-order valence-corrected chi connectivity index (χ2v) is 5.95. The first-order chi connectivity index (χ1) is 10.1. The molecule has 0 aliphatic rings. The molecule has 2 heterocycles. The summed E-state index contributed by atoms with van der Waals surface area (Å²) in [5.41, 5.74) is 0.567. The van der Waals surface area contributed by atoms with Gasteiger partial charge in [-0.25, -0.2) is 4.98 Å². The Kier molecular flexibility index (Phi) is 5.11. The molecule has 0 bridgehead atoms. The molecule has 0 atom stereocenters. The van der Waals surface area contributed by atoms with Crippen LogP contribution in [-0.4, -0.2) is 29.4 Å². The molecule has 0 aliphatic heterocycles. The van der Waals surface area contributed by atoms with Gasteiger partial charge in [0.25, 0.3) is 5.91 Å². The highest BCUT2D eigenvalue weighted by Gasteiger charge is 2.16. The van der Waals surface area contributed by atoms with Crippen LogP contribution in [0.15, 0.2) is 43.1 Å². The average molecular weight is 302 g/mol. The summed E-state index contributed by atoms with van der Waals surface area (Å²) in [4.78, 5) is 20.8. The Hall–Kier alpha value is -2.14. The van der Waals surface area contributed by atoms with Crippen molar-refractivity contribution < 1.29 is 9.53 Å². The van der Waals surface area contributed by atoms with E-state index in [1.54, 1.807) is 40.6 Å². The first-order valence-corrected chi connectivity index (χ1v) is 7.41. The van der Waals surface area contributed by atoms with Crippen molar-refractivity contribution in [2.75, 3.05) is 13.7 Å². The van der Waals surface area contributed by atoms with Crippen molar-refractivity contribution in [3.8, 4) is 5.88 Å². The second-order valence-electron chi connectivity index (χ2n) is 4.57. The highest BCUT2D eigenvalue weighted by Crippen LogP contribution is 2.19. The molecule has 4 nitrogen and oxygen atoms in total. The van der Waals surface area contributed by atoms with Crippen LogP contribution in [0, 0.1) is 6.92 Å². The minimum atomic E-state index is -0.0540. The summed E-state index contributed by atoms with van der Waals surface area (Å²) >= 11 is 1.70. The Morgan fingerprint density at radius 2 is 2.29 bits per heavy atom. The Morgan fingerprint density at radius 1 is 1.48 bits per heavy atom. The third kappa shape index (κ3) is 3.92. The molecule has 0 fully saturated rings. The molecule has 2 rings (SSSR count). The zero-order chi connectivity index (χ0) is 15.2. The number of aryl methyl sites for hydroxylation is 1. The zero-order valence-electron chi connectivity index (χ0n) is 12.2. The number of hydrogen-bond acceptors (Lipinski definition) is 4. The van der Waals surface area contributed by atoms with E-state index in [0.29, 0.717) is 24.5 Å². The minimum absolute atomic E-state index is 0.0540. The van der Waals surface area contributed by atoms with Crippen LogP contribution in [0.4, 0.5) is 0 Å². The average Bonchev–Trinajstić information content (AvgIpc) is 2.91. The van der Waals surface area contributed by atoms with Gasteiger partial charge in [0.05, 0.1) is 13.7 Å². The zero-order valence-corrected chi connectivity index (χ0v) is 13.0. The van der Waals surface area contributed by atoms with E-state index in [9.17, 15) is 4.79 Å². The third-order valence-electron chi connectivity index (χ3n) is 2.97. The summed E-state index contributed by atoms with van der Waals surface area (Å²) in [5, 5.41) is 0. The fourth-order valence-electron chi connectivity index (χ4n) is 1.97. The van der Waals surface area contributed by atoms with Crippen LogP contribution in [0.25, 0.3) is 0 Å². The molecular weight excluding hydrogens is 284 g/mol. The van der Waals surface area contributed by atoms with Gasteiger partial charge in [-0.15, -0.1) is 17.9 Å². The van der Waals surface area contributed by atoms with E-state index in [4.69, 9.17) is 4.74 Å². The van der Waals surface area contributed by atoms with Gasteiger partial charge < -0.3 is 9.64 Å². The molecule has 1 amide bonds. The molecule has 5 heteroatoms. The van der Waals surface area contributed by atoms with E-state index in [1.807, 2.05) is 0 Å². The molecule has 0 spiro atoms. The lowest BCUT2D eigenvalue weighted by Gasteiger charge is -2.20. The van der Waals surface area contributed by atoms with Crippen molar-refractivity contribution in [3.63, 3.8) is 0 Å². The first kappa shape index (κ1) is 15.3. The lowest BCUT2D eigenvalue weighted by molar-refractivity contribution is 0.0763. The van der Waals surface area contributed by atoms with Gasteiger partial charge in [0, 0.05) is 34.1 Å². The number of rotatable bonds is 6. The van der Waals surface area contributed by atoms with Crippen molar-refractivity contribution in [2.24, 2.45) is 0 Å². The Morgan fingerprint density at radius 3 is 2.90 bits per heavy atom. The smallest absolute Gasteiger partial charge is 0.254 e. The molecule has 0 aliphatic carbocycles. The molecule has 0 saturated carbocycles. The molecule has 110 valence electrons. The topological polar surface area (TPSA) is 42.4 Å². The number of carbonyl (C=O) groups excluding carboxylic acids is 1. The molecular formula is C16H18N2O2S. The van der Waals surface area contributed by atoms with Crippen LogP contribution in [0.2, 0.25) is 0 Å². The van der Waals surface area contributed by atoms with Crippen LogP contribution in [0.5, 0.6) is 5.88 Å². The summed E-state index contributed by atoms with van der Waals surface area (Å²) < 4.78 is 5.07. The van der Waals surface area contributed by atoms with Gasteiger partial charge >= 0.3 is 0 Å². The summed E-state index contributed by atoms with van der Waals surface area (Å²) in [5.74, 6) is 0.382. The predicted octanol–water partition coefficient (Wildman–Crippen LogP) is 3.29. The van der Waals surface area contributed by atoms with Crippen LogP contribution in [0.3, 0.4) is 0 Å². The molecule has 2 aromatic rings. The van der Waals surface area contributed by atoms with E-state index >= 15 is 0 Å². The van der Waals surface area contributed by atoms with Gasteiger partial charge in [-0.3, -0.25) is 4.79 Å². The lowest BCUT2D eigenvalue weighted by atomic mass is 10.2. The van der Waals surface area contributed by atoms with E-state index in [1.165, 1.54) is 12.0 Å². The monoisotopic (exact) mass is 302 g/mol. The third-order valence-corrected chi connectivity index (χ3v) is 3.96. The van der Waals surface area contributed by atoms with Crippen LogP contribution >= 0.6 is 11.3 Å². The first-order valence-electron chi connectivity index (χ1n) is 6.59. The Labute approximate surface area is 128 Å². The van der Waals surface area contributed by atoms with Crippen LogP contribution in [0.1, 0.15) is 20.1 Å². The molecule has 0 N–H and O–H groups in total. The summed E-state index contributed by atoms with van der Waals surface area (Å²) in [6.45, 7) is 6.86. The Balaban J connectivity index is 2.19. The van der Waals surface area contributed by atoms with E-state index in [-0.39, 0.29) is 5.91 Å². The van der Waals surface area contributed by atoms with E-state index in [2.05, 4.69) is 30.6 Å². The highest BCUT2D eigenvalue weighted by molar-refractivity contribution is 7.11. The maximum absolute atomic E-state index is 12.6. The van der Waals surface area contributed by atoms with Crippen molar-refractivity contribution in [1.82, 2.24) is 9.88 Å².